The Morgan fingerprint density at radius 1 is 1.50 bits per heavy atom. The molecule has 76 valence electrons. The van der Waals surface area contributed by atoms with Gasteiger partial charge in [0.2, 0.25) is 0 Å². The Morgan fingerprint density at radius 2 is 2.29 bits per heavy atom. The van der Waals surface area contributed by atoms with Crippen molar-refractivity contribution in [2.45, 2.75) is 25.9 Å². The van der Waals surface area contributed by atoms with Crippen molar-refractivity contribution in [3.63, 3.8) is 0 Å². The smallest absolute Gasteiger partial charge is 0.258 e. The molecule has 1 aliphatic rings. The molecule has 14 heavy (non-hydrogen) atoms. The van der Waals surface area contributed by atoms with Crippen LogP contribution in [0.4, 0.5) is 0 Å². The first-order valence-corrected chi connectivity index (χ1v) is 5.83. The van der Waals surface area contributed by atoms with Crippen LogP contribution in [0, 0.1) is 3.70 Å². The van der Waals surface area contributed by atoms with E-state index >= 15 is 0 Å². The van der Waals surface area contributed by atoms with Gasteiger partial charge < -0.3 is 9.47 Å². The van der Waals surface area contributed by atoms with Gasteiger partial charge in [0.05, 0.1) is 12.7 Å². The zero-order chi connectivity index (χ0) is 9.97. The number of hydrogen-bond acceptors (Lipinski definition) is 3. The molecule has 0 saturated heterocycles. The molecule has 0 amide bonds. The van der Waals surface area contributed by atoms with Crippen LogP contribution >= 0.6 is 22.6 Å². The molecule has 4 heteroatoms. The van der Waals surface area contributed by atoms with Gasteiger partial charge in [0.1, 0.15) is 3.70 Å². The highest BCUT2D eigenvalue weighted by Crippen LogP contribution is 2.32. The molecule has 0 unspecified atom stereocenters. The number of ether oxygens (including phenoxy) is 2. The second kappa shape index (κ2) is 4.33. The van der Waals surface area contributed by atoms with Crippen LogP contribution in [0.1, 0.15) is 19.8 Å². The first-order chi connectivity index (χ1) is 6.79. The maximum Gasteiger partial charge on any atom is 0.258 e. The molecule has 1 aromatic heterocycles. The molecule has 0 bridgehead atoms. The van der Waals surface area contributed by atoms with E-state index in [0.29, 0.717) is 18.6 Å². The Balaban J connectivity index is 2.17. The van der Waals surface area contributed by atoms with Crippen molar-refractivity contribution in [2.75, 3.05) is 6.61 Å². The van der Waals surface area contributed by atoms with Crippen molar-refractivity contribution in [2.24, 2.45) is 0 Å². The lowest BCUT2D eigenvalue weighted by Crippen LogP contribution is -2.02. The third-order valence-electron chi connectivity index (χ3n) is 1.89. The van der Waals surface area contributed by atoms with Crippen molar-refractivity contribution < 1.29 is 9.47 Å². The van der Waals surface area contributed by atoms with Gasteiger partial charge in [-0.3, -0.25) is 0 Å². The third-order valence-corrected chi connectivity index (χ3v) is 2.49. The van der Waals surface area contributed by atoms with Gasteiger partial charge >= 0.3 is 0 Å². The van der Waals surface area contributed by atoms with Crippen LogP contribution in [-0.4, -0.2) is 17.7 Å². The SMILES string of the molecule is CCOc1nc(I)ccc1OC1CC1. The predicted octanol–water partition coefficient (Wildman–Crippen LogP) is 2.63. The molecule has 1 fully saturated rings. The van der Waals surface area contributed by atoms with E-state index in [4.69, 9.17) is 9.47 Å². The minimum Gasteiger partial charge on any atom is -0.485 e. The van der Waals surface area contributed by atoms with E-state index < -0.39 is 0 Å². The maximum absolute atomic E-state index is 5.67. The third kappa shape index (κ3) is 2.50. The number of nitrogens with zero attached hydrogens (tertiary/aromatic N) is 1. The van der Waals surface area contributed by atoms with E-state index in [1.807, 2.05) is 19.1 Å². The molecule has 1 aliphatic carbocycles. The van der Waals surface area contributed by atoms with Crippen molar-refractivity contribution in [1.82, 2.24) is 4.98 Å². The fraction of sp³-hybridized carbons (Fsp3) is 0.500. The summed E-state index contributed by atoms with van der Waals surface area (Å²) >= 11 is 2.16. The maximum atomic E-state index is 5.67. The minimum absolute atomic E-state index is 0.385. The van der Waals surface area contributed by atoms with Gasteiger partial charge in [0.15, 0.2) is 5.75 Å². The second-order valence-electron chi connectivity index (χ2n) is 3.19. The molecule has 0 atom stereocenters. The summed E-state index contributed by atoms with van der Waals surface area (Å²) in [7, 11) is 0. The number of hydrogen-bond donors (Lipinski definition) is 0. The molecule has 0 spiro atoms. The van der Waals surface area contributed by atoms with E-state index in [2.05, 4.69) is 27.6 Å². The van der Waals surface area contributed by atoms with Crippen molar-refractivity contribution >= 4 is 22.6 Å². The van der Waals surface area contributed by atoms with E-state index in [1.165, 1.54) is 0 Å². The highest BCUT2D eigenvalue weighted by Gasteiger charge is 2.25. The highest BCUT2D eigenvalue weighted by atomic mass is 127. The van der Waals surface area contributed by atoms with Crippen LogP contribution in [0.25, 0.3) is 0 Å². The predicted molar refractivity (Wildman–Crippen MR) is 61.8 cm³/mol. The van der Waals surface area contributed by atoms with Crippen molar-refractivity contribution in [1.29, 1.82) is 0 Å². The van der Waals surface area contributed by atoms with Crippen LogP contribution in [0.3, 0.4) is 0 Å². The average molecular weight is 305 g/mol. The lowest BCUT2D eigenvalue weighted by molar-refractivity contribution is 0.259. The molecular weight excluding hydrogens is 293 g/mol. The summed E-state index contributed by atoms with van der Waals surface area (Å²) in [6, 6.07) is 3.86. The van der Waals surface area contributed by atoms with Gasteiger partial charge in [-0.15, -0.1) is 0 Å². The molecule has 0 radical (unpaired) electrons. The Bertz CT molecular complexity index is 326. The largest absolute Gasteiger partial charge is 0.485 e. The molecule has 0 aromatic carbocycles. The van der Waals surface area contributed by atoms with Crippen LogP contribution < -0.4 is 9.47 Å². The fourth-order valence-electron chi connectivity index (χ4n) is 1.10. The average Bonchev–Trinajstić information content (AvgIpc) is 2.94. The normalized spacial score (nSPS) is 15.3. The van der Waals surface area contributed by atoms with Gasteiger partial charge in [0.25, 0.3) is 5.88 Å². The Kier molecular flexibility index (Phi) is 3.10. The zero-order valence-electron chi connectivity index (χ0n) is 8.00. The summed E-state index contributed by atoms with van der Waals surface area (Å²) in [5.74, 6) is 1.39. The molecule has 1 saturated carbocycles. The quantitative estimate of drug-likeness (QED) is 0.633. The fourth-order valence-corrected chi connectivity index (χ4v) is 1.50. The van der Waals surface area contributed by atoms with Crippen LogP contribution in [0.2, 0.25) is 0 Å². The second-order valence-corrected chi connectivity index (χ2v) is 4.29. The summed E-state index contributed by atoms with van der Waals surface area (Å²) in [4.78, 5) is 4.28. The summed E-state index contributed by atoms with van der Waals surface area (Å²) in [6.45, 7) is 2.57. The van der Waals surface area contributed by atoms with E-state index in [-0.39, 0.29) is 0 Å². The Hall–Kier alpha value is -0.520. The molecular formula is C10H12INO2. The summed E-state index contributed by atoms with van der Waals surface area (Å²) in [5.41, 5.74) is 0. The topological polar surface area (TPSA) is 31.4 Å². The number of halogens is 1. The molecule has 2 rings (SSSR count). The summed E-state index contributed by atoms with van der Waals surface area (Å²) in [6.07, 6.45) is 2.69. The van der Waals surface area contributed by atoms with E-state index in [9.17, 15) is 0 Å². The van der Waals surface area contributed by atoms with E-state index in [1.54, 1.807) is 0 Å². The zero-order valence-corrected chi connectivity index (χ0v) is 10.2. The monoisotopic (exact) mass is 305 g/mol. The summed E-state index contributed by atoms with van der Waals surface area (Å²) in [5, 5.41) is 0. The lowest BCUT2D eigenvalue weighted by Gasteiger charge is -2.09. The molecule has 3 nitrogen and oxygen atoms in total. The van der Waals surface area contributed by atoms with Gasteiger partial charge in [-0.2, -0.15) is 0 Å². The van der Waals surface area contributed by atoms with Crippen molar-refractivity contribution in [3.05, 3.63) is 15.8 Å². The molecule has 0 N–H and O–H groups in total. The number of rotatable bonds is 4. The highest BCUT2D eigenvalue weighted by molar-refractivity contribution is 14.1. The van der Waals surface area contributed by atoms with Gasteiger partial charge in [0, 0.05) is 0 Å². The first-order valence-electron chi connectivity index (χ1n) is 4.75. The van der Waals surface area contributed by atoms with Crippen LogP contribution in [0.5, 0.6) is 11.6 Å². The molecule has 0 aliphatic heterocycles. The van der Waals surface area contributed by atoms with Crippen LogP contribution in [-0.2, 0) is 0 Å². The molecule has 1 aromatic rings. The Morgan fingerprint density at radius 3 is 2.93 bits per heavy atom. The number of aromatic nitrogens is 1. The Labute approximate surface area is 97.0 Å². The van der Waals surface area contributed by atoms with E-state index in [0.717, 1.165) is 22.3 Å². The van der Waals surface area contributed by atoms with Gasteiger partial charge in [-0.1, -0.05) is 0 Å². The summed E-state index contributed by atoms with van der Waals surface area (Å²) < 4.78 is 12.0. The van der Waals surface area contributed by atoms with Crippen LogP contribution in [0.15, 0.2) is 12.1 Å². The van der Waals surface area contributed by atoms with Gasteiger partial charge in [-0.05, 0) is 54.5 Å². The van der Waals surface area contributed by atoms with Gasteiger partial charge in [-0.25, -0.2) is 4.98 Å². The number of pyridine rings is 1. The lowest BCUT2D eigenvalue weighted by atomic mass is 10.4. The standard InChI is InChI=1S/C10H12INO2/c1-2-13-10-8(14-7-3-4-7)5-6-9(11)12-10/h5-7H,2-4H2,1H3. The molecule has 1 heterocycles. The minimum atomic E-state index is 0.385. The van der Waals surface area contributed by atoms with Crippen molar-refractivity contribution in [3.8, 4) is 11.6 Å². The first kappa shape index (κ1) is 10.0.